The second kappa shape index (κ2) is 8.65. The summed E-state index contributed by atoms with van der Waals surface area (Å²) in [5.74, 6) is 1.79. The van der Waals surface area contributed by atoms with Crippen molar-refractivity contribution in [3.63, 3.8) is 0 Å². The maximum atomic E-state index is 4.46. The van der Waals surface area contributed by atoms with Gasteiger partial charge in [0.05, 0.1) is 0 Å². The van der Waals surface area contributed by atoms with Gasteiger partial charge in [-0.3, -0.25) is 4.99 Å². The Hall–Kier alpha value is -2.63. The minimum atomic E-state index is 0.810. The average Bonchev–Trinajstić information content (AvgIpc) is 2.65. The molecule has 1 N–H and O–H groups in total. The summed E-state index contributed by atoms with van der Waals surface area (Å²) in [4.78, 5) is 17.7. The molecule has 0 unspecified atom stereocenters. The van der Waals surface area contributed by atoms with Crippen LogP contribution in [0.15, 0.2) is 41.7 Å². The summed E-state index contributed by atoms with van der Waals surface area (Å²) < 4.78 is 0. The lowest BCUT2D eigenvalue weighted by Gasteiger charge is -2.36. The van der Waals surface area contributed by atoms with Gasteiger partial charge >= 0.3 is 0 Å². The predicted octanol–water partition coefficient (Wildman–Crippen LogP) is 2.03. The maximum Gasteiger partial charge on any atom is 0.225 e. The molecule has 1 fully saturated rings. The van der Waals surface area contributed by atoms with Gasteiger partial charge in [0, 0.05) is 52.2 Å². The largest absolute Gasteiger partial charge is 0.356 e. The number of hydrogen-bond acceptors (Lipinski definition) is 4. The first-order valence-electron chi connectivity index (χ1n) is 9.20. The Morgan fingerprint density at radius 1 is 1.04 bits per heavy atom. The molecule has 1 aliphatic heterocycles. The molecule has 0 atom stereocenters. The Labute approximate surface area is 156 Å². The van der Waals surface area contributed by atoms with Gasteiger partial charge in [-0.2, -0.15) is 0 Å². The van der Waals surface area contributed by atoms with Gasteiger partial charge in [0.1, 0.15) is 0 Å². The zero-order chi connectivity index (χ0) is 18.4. The van der Waals surface area contributed by atoms with Gasteiger partial charge in [0.2, 0.25) is 5.95 Å². The van der Waals surface area contributed by atoms with Crippen molar-refractivity contribution in [2.75, 3.05) is 44.7 Å². The molecule has 0 amide bonds. The highest BCUT2D eigenvalue weighted by Gasteiger charge is 2.20. The van der Waals surface area contributed by atoms with E-state index in [1.165, 1.54) is 16.7 Å². The number of nitrogens with one attached hydrogen (secondary N) is 1. The van der Waals surface area contributed by atoms with Gasteiger partial charge in [-0.05, 0) is 31.9 Å². The number of anilines is 1. The topological polar surface area (TPSA) is 56.7 Å². The molecule has 0 spiro atoms. The van der Waals surface area contributed by atoms with Crippen molar-refractivity contribution in [3.8, 4) is 0 Å². The maximum absolute atomic E-state index is 4.46. The summed E-state index contributed by atoms with van der Waals surface area (Å²) in [5.41, 5.74) is 4.02. The molecular weight excluding hydrogens is 324 g/mol. The zero-order valence-electron chi connectivity index (χ0n) is 15.9. The molecule has 3 rings (SSSR count). The Morgan fingerprint density at radius 2 is 1.69 bits per heavy atom. The van der Waals surface area contributed by atoms with E-state index in [0.717, 1.165) is 51.1 Å². The van der Waals surface area contributed by atoms with Crippen LogP contribution in [0.3, 0.4) is 0 Å². The molecule has 0 saturated carbocycles. The summed E-state index contributed by atoms with van der Waals surface area (Å²) in [7, 11) is 1.85. The van der Waals surface area contributed by atoms with Crippen LogP contribution in [0.4, 0.5) is 5.95 Å². The van der Waals surface area contributed by atoms with Gasteiger partial charge < -0.3 is 15.1 Å². The number of nitrogens with zero attached hydrogens (tertiary/aromatic N) is 5. The molecule has 2 heterocycles. The Morgan fingerprint density at radius 3 is 2.31 bits per heavy atom. The van der Waals surface area contributed by atoms with Gasteiger partial charge in [-0.25, -0.2) is 9.97 Å². The SMILES string of the molecule is CN=C(NCCc1cc(C)cc(C)c1)N1CCN(c2ncccn2)CC1. The van der Waals surface area contributed by atoms with Crippen molar-refractivity contribution >= 4 is 11.9 Å². The van der Waals surface area contributed by atoms with E-state index in [1.54, 1.807) is 12.4 Å². The van der Waals surface area contributed by atoms with E-state index in [4.69, 9.17) is 0 Å². The third kappa shape index (κ3) is 4.71. The van der Waals surface area contributed by atoms with Gasteiger partial charge in [-0.15, -0.1) is 0 Å². The first-order valence-corrected chi connectivity index (χ1v) is 9.20. The normalized spacial score (nSPS) is 15.3. The lowest BCUT2D eigenvalue weighted by Crippen LogP contribution is -2.53. The van der Waals surface area contributed by atoms with Crippen LogP contribution < -0.4 is 10.2 Å². The summed E-state index contributed by atoms with van der Waals surface area (Å²) >= 11 is 0. The third-order valence-electron chi connectivity index (χ3n) is 4.60. The number of aliphatic imine (C=N–C) groups is 1. The first-order chi connectivity index (χ1) is 12.7. The summed E-state index contributed by atoms with van der Waals surface area (Å²) in [6.07, 6.45) is 4.59. The number of hydrogen-bond donors (Lipinski definition) is 1. The summed E-state index contributed by atoms with van der Waals surface area (Å²) in [6, 6.07) is 8.58. The fourth-order valence-electron chi connectivity index (χ4n) is 3.44. The van der Waals surface area contributed by atoms with E-state index in [-0.39, 0.29) is 0 Å². The second-order valence-corrected chi connectivity index (χ2v) is 6.74. The highest BCUT2D eigenvalue weighted by Crippen LogP contribution is 2.11. The Bertz CT molecular complexity index is 715. The zero-order valence-corrected chi connectivity index (χ0v) is 15.9. The van der Waals surface area contributed by atoms with E-state index in [2.05, 4.69) is 62.1 Å². The summed E-state index contributed by atoms with van der Waals surface area (Å²) in [5, 5.41) is 3.51. The van der Waals surface area contributed by atoms with Crippen LogP contribution in [0.1, 0.15) is 16.7 Å². The van der Waals surface area contributed by atoms with Crippen LogP contribution in [0.5, 0.6) is 0 Å². The number of piperazine rings is 1. The van der Waals surface area contributed by atoms with Gasteiger partial charge in [0.15, 0.2) is 5.96 Å². The van der Waals surface area contributed by atoms with E-state index in [0.29, 0.717) is 0 Å². The van der Waals surface area contributed by atoms with Gasteiger partial charge in [0.25, 0.3) is 0 Å². The molecule has 6 nitrogen and oxygen atoms in total. The molecular formula is C20H28N6. The van der Waals surface area contributed by atoms with Crippen molar-refractivity contribution in [1.82, 2.24) is 20.2 Å². The number of guanidine groups is 1. The third-order valence-corrected chi connectivity index (χ3v) is 4.60. The standard InChI is InChI=1S/C20H28N6/c1-16-13-17(2)15-18(14-16)5-8-24-19(21-3)25-9-11-26(12-10-25)20-22-6-4-7-23-20/h4,6-7,13-15H,5,8-12H2,1-3H3,(H,21,24). The Kier molecular flexibility index (Phi) is 6.04. The first kappa shape index (κ1) is 18.2. The molecule has 6 heteroatoms. The Balaban J connectivity index is 1.49. The molecule has 26 heavy (non-hydrogen) atoms. The van der Waals surface area contributed by atoms with Crippen LogP contribution >= 0.6 is 0 Å². The number of aryl methyl sites for hydroxylation is 2. The number of aromatic nitrogens is 2. The highest BCUT2D eigenvalue weighted by atomic mass is 15.4. The molecule has 0 bridgehead atoms. The van der Waals surface area contributed by atoms with E-state index in [1.807, 2.05) is 13.1 Å². The van der Waals surface area contributed by atoms with Crippen LogP contribution in [-0.4, -0.2) is 60.6 Å². The van der Waals surface area contributed by atoms with Crippen molar-refractivity contribution in [3.05, 3.63) is 53.3 Å². The second-order valence-electron chi connectivity index (χ2n) is 6.74. The minimum absolute atomic E-state index is 0.810. The fourth-order valence-corrected chi connectivity index (χ4v) is 3.44. The molecule has 2 aromatic rings. The van der Waals surface area contributed by atoms with Crippen molar-refractivity contribution in [1.29, 1.82) is 0 Å². The highest BCUT2D eigenvalue weighted by molar-refractivity contribution is 5.80. The molecule has 0 aliphatic carbocycles. The molecule has 1 aromatic carbocycles. The number of benzene rings is 1. The molecule has 1 aromatic heterocycles. The van der Waals surface area contributed by atoms with Crippen molar-refractivity contribution < 1.29 is 0 Å². The predicted molar refractivity (Wildman–Crippen MR) is 107 cm³/mol. The van der Waals surface area contributed by atoms with Crippen LogP contribution in [0.25, 0.3) is 0 Å². The van der Waals surface area contributed by atoms with Crippen LogP contribution in [0.2, 0.25) is 0 Å². The van der Waals surface area contributed by atoms with Gasteiger partial charge in [-0.1, -0.05) is 29.3 Å². The number of rotatable bonds is 4. The van der Waals surface area contributed by atoms with E-state index in [9.17, 15) is 0 Å². The monoisotopic (exact) mass is 352 g/mol. The van der Waals surface area contributed by atoms with Crippen molar-refractivity contribution in [2.24, 2.45) is 4.99 Å². The lowest BCUT2D eigenvalue weighted by molar-refractivity contribution is 0.370. The average molecular weight is 352 g/mol. The minimum Gasteiger partial charge on any atom is -0.356 e. The van der Waals surface area contributed by atoms with E-state index < -0.39 is 0 Å². The van der Waals surface area contributed by atoms with E-state index >= 15 is 0 Å². The fraction of sp³-hybridized carbons (Fsp3) is 0.450. The molecule has 0 radical (unpaired) electrons. The van der Waals surface area contributed by atoms with Crippen LogP contribution in [0, 0.1) is 13.8 Å². The van der Waals surface area contributed by atoms with Crippen molar-refractivity contribution in [2.45, 2.75) is 20.3 Å². The lowest BCUT2D eigenvalue weighted by atomic mass is 10.1. The molecule has 1 saturated heterocycles. The smallest absolute Gasteiger partial charge is 0.225 e. The molecule has 1 aliphatic rings. The quantitative estimate of drug-likeness (QED) is 0.674. The van der Waals surface area contributed by atoms with Crippen LogP contribution in [-0.2, 0) is 6.42 Å². The molecule has 138 valence electrons. The summed E-state index contributed by atoms with van der Waals surface area (Å²) in [6.45, 7) is 8.84.